The van der Waals surface area contributed by atoms with Gasteiger partial charge >= 0.3 is 5.97 Å². The summed E-state index contributed by atoms with van der Waals surface area (Å²) in [5.41, 5.74) is 0.456. The van der Waals surface area contributed by atoms with Crippen LogP contribution in [0.3, 0.4) is 0 Å². The molecule has 0 saturated carbocycles. The molecule has 0 aromatic carbocycles. The fraction of sp³-hybridized carbons (Fsp3) is 0.417. The van der Waals surface area contributed by atoms with Crippen LogP contribution in [0.4, 0.5) is 5.69 Å². The number of thioether (sulfide) groups is 1. The Hall–Kier alpha value is -1.27. The van der Waals surface area contributed by atoms with Crippen molar-refractivity contribution in [1.29, 1.82) is 0 Å². The second-order valence-corrected chi connectivity index (χ2v) is 5.28. The molecule has 1 atom stereocenters. The highest BCUT2D eigenvalue weighted by Crippen LogP contribution is 2.19. The van der Waals surface area contributed by atoms with E-state index in [9.17, 15) is 9.59 Å². The summed E-state index contributed by atoms with van der Waals surface area (Å²) in [6.45, 7) is 3.79. The molecule has 5 nitrogen and oxygen atoms in total. The lowest BCUT2D eigenvalue weighted by Gasteiger charge is -2.12. The molecule has 1 N–H and O–H groups in total. The number of hydrogen-bond acceptors (Lipinski definition) is 5. The highest BCUT2D eigenvalue weighted by atomic mass is 35.5. The van der Waals surface area contributed by atoms with Crippen LogP contribution in [0.2, 0.25) is 5.15 Å². The van der Waals surface area contributed by atoms with Crippen molar-refractivity contribution in [3.05, 3.63) is 23.5 Å². The van der Waals surface area contributed by atoms with Gasteiger partial charge in [0.25, 0.3) is 0 Å². The maximum atomic E-state index is 11.9. The lowest BCUT2D eigenvalue weighted by atomic mass is 10.4. The third kappa shape index (κ3) is 5.48. The van der Waals surface area contributed by atoms with E-state index in [4.69, 9.17) is 16.3 Å². The summed E-state index contributed by atoms with van der Waals surface area (Å²) in [7, 11) is 0. The summed E-state index contributed by atoms with van der Waals surface area (Å²) in [5.74, 6) is -0.417. The fourth-order valence-electron chi connectivity index (χ4n) is 1.19. The van der Waals surface area contributed by atoms with Crippen LogP contribution in [0.1, 0.15) is 13.8 Å². The van der Waals surface area contributed by atoms with Crippen molar-refractivity contribution >= 4 is 40.9 Å². The Morgan fingerprint density at radius 3 is 2.95 bits per heavy atom. The van der Waals surface area contributed by atoms with Crippen molar-refractivity contribution in [2.75, 3.05) is 17.7 Å². The number of amides is 1. The van der Waals surface area contributed by atoms with Crippen molar-refractivity contribution in [3.63, 3.8) is 0 Å². The molecule has 1 amide bonds. The van der Waals surface area contributed by atoms with Crippen molar-refractivity contribution in [3.8, 4) is 0 Å². The van der Waals surface area contributed by atoms with E-state index in [1.807, 2.05) is 0 Å². The summed E-state index contributed by atoms with van der Waals surface area (Å²) in [6, 6.07) is 3.34. The van der Waals surface area contributed by atoms with E-state index in [2.05, 4.69) is 10.3 Å². The Kier molecular flexibility index (Phi) is 6.66. The Morgan fingerprint density at radius 2 is 2.32 bits per heavy atom. The molecule has 0 bridgehead atoms. The predicted octanol–water partition coefficient (Wildman–Crippen LogP) is 2.36. The summed E-state index contributed by atoms with van der Waals surface area (Å²) in [5, 5.41) is 2.51. The van der Waals surface area contributed by atoms with E-state index in [1.54, 1.807) is 26.0 Å². The number of hydrogen-bond donors (Lipinski definition) is 1. The number of carbonyl (C=O) groups is 2. The van der Waals surface area contributed by atoms with Crippen LogP contribution in [0, 0.1) is 0 Å². The van der Waals surface area contributed by atoms with Gasteiger partial charge in [0, 0.05) is 6.20 Å². The van der Waals surface area contributed by atoms with E-state index in [0.29, 0.717) is 12.3 Å². The largest absolute Gasteiger partial charge is 0.465 e. The first-order valence-electron chi connectivity index (χ1n) is 5.73. The Morgan fingerprint density at radius 1 is 1.58 bits per heavy atom. The lowest BCUT2D eigenvalue weighted by molar-refractivity contribution is -0.139. The number of ether oxygens (including phenoxy) is 1. The number of nitrogens with one attached hydrogen (secondary N) is 1. The number of aromatic nitrogens is 1. The Balaban J connectivity index is 2.45. The van der Waals surface area contributed by atoms with E-state index < -0.39 is 0 Å². The van der Waals surface area contributed by atoms with Crippen LogP contribution in [-0.4, -0.2) is 34.5 Å². The number of halogens is 1. The number of esters is 1. The van der Waals surface area contributed by atoms with E-state index in [-0.39, 0.29) is 28.0 Å². The molecule has 0 radical (unpaired) electrons. The minimum atomic E-state index is -0.388. The second kappa shape index (κ2) is 8.01. The third-order valence-electron chi connectivity index (χ3n) is 2.14. The molecule has 1 aromatic heterocycles. The average Bonchev–Trinajstić information content (AvgIpc) is 2.39. The molecular weight excluding hydrogens is 288 g/mol. The number of rotatable bonds is 6. The predicted molar refractivity (Wildman–Crippen MR) is 76.4 cm³/mol. The van der Waals surface area contributed by atoms with Crippen LogP contribution < -0.4 is 5.32 Å². The molecule has 0 fully saturated rings. The van der Waals surface area contributed by atoms with Crippen LogP contribution in [0.5, 0.6) is 0 Å². The molecule has 0 aliphatic carbocycles. The van der Waals surface area contributed by atoms with Crippen LogP contribution >= 0.6 is 23.4 Å². The second-order valence-electron chi connectivity index (χ2n) is 3.59. The standard InChI is InChI=1S/C12H15ClN2O3S/c1-3-18-10(16)7-19-8(2)12(17)15-9-5-4-6-14-11(9)13/h4-6,8H,3,7H2,1-2H3,(H,15,17). The lowest BCUT2D eigenvalue weighted by Crippen LogP contribution is -2.24. The van der Waals surface area contributed by atoms with Gasteiger partial charge in [0.2, 0.25) is 5.91 Å². The molecule has 0 aliphatic rings. The van der Waals surface area contributed by atoms with E-state index >= 15 is 0 Å². The van der Waals surface area contributed by atoms with Gasteiger partial charge in [0.05, 0.1) is 23.3 Å². The van der Waals surface area contributed by atoms with Crippen LogP contribution in [0.15, 0.2) is 18.3 Å². The first-order valence-corrected chi connectivity index (χ1v) is 7.15. The molecule has 7 heteroatoms. The van der Waals surface area contributed by atoms with Crippen molar-refractivity contribution in [2.24, 2.45) is 0 Å². The average molecular weight is 303 g/mol. The topological polar surface area (TPSA) is 68.3 Å². The highest BCUT2D eigenvalue weighted by Gasteiger charge is 2.16. The van der Waals surface area contributed by atoms with Crippen molar-refractivity contribution in [2.45, 2.75) is 19.1 Å². The van der Waals surface area contributed by atoms with Gasteiger partial charge in [-0.1, -0.05) is 11.6 Å². The van der Waals surface area contributed by atoms with Crippen LogP contribution in [0.25, 0.3) is 0 Å². The first kappa shape index (κ1) is 15.8. The zero-order valence-electron chi connectivity index (χ0n) is 10.7. The molecule has 1 aromatic rings. The van der Waals surface area contributed by atoms with Gasteiger partial charge in [-0.2, -0.15) is 0 Å². The first-order chi connectivity index (χ1) is 9.04. The Labute approximate surface area is 121 Å². The van der Waals surface area contributed by atoms with E-state index in [1.165, 1.54) is 18.0 Å². The fourth-order valence-corrected chi connectivity index (χ4v) is 2.03. The van der Waals surface area contributed by atoms with Crippen molar-refractivity contribution in [1.82, 2.24) is 4.98 Å². The maximum absolute atomic E-state index is 11.9. The molecule has 19 heavy (non-hydrogen) atoms. The monoisotopic (exact) mass is 302 g/mol. The highest BCUT2D eigenvalue weighted by molar-refractivity contribution is 8.01. The number of nitrogens with zero attached hydrogens (tertiary/aromatic N) is 1. The van der Waals surface area contributed by atoms with E-state index in [0.717, 1.165) is 0 Å². The molecule has 0 spiro atoms. The summed E-state index contributed by atoms with van der Waals surface area (Å²) < 4.78 is 4.79. The normalized spacial score (nSPS) is 11.7. The third-order valence-corrected chi connectivity index (χ3v) is 3.56. The maximum Gasteiger partial charge on any atom is 0.315 e. The molecular formula is C12H15ClN2O3S. The number of anilines is 1. The zero-order chi connectivity index (χ0) is 14.3. The quantitative estimate of drug-likeness (QED) is 0.645. The zero-order valence-corrected chi connectivity index (χ0v) is 12.3. The smallest absolute Gasteiger partial charge is 0.315 e. The molecule has 0 saturated heterocycles. The van der Waals surface area contributed by atoms with Gasteiger partial charge in [-0.05, 0) is 26.0 Å². The Bertz CT molecular complexity index is 456. The van der Waals surface area contributed by atoms with Gasteiger partial charge in [-0.3, -0.25) is 9.59 Å². The molecule has 1 heterocycles. The molecule has 1 unspecified atom stereocenters. The molecule has 0 aliphatic heterocycles. The van der Waals surface area contributed by atoms with Gasteiger partial charge in [-0.25, -0.2) is 4.98 Å². The summed E-state index contributed by atoms with van der Waals surface area (Å²) in [4.78, 5) is 26.9. The summed E-state index contributed by atoms with van der Waals surface area (Å²) in [6.07, 6.45) is 1.54. The van der Waals surface area contributed by atoms with Gasteiger partial charge in [0.15, 0.2) is 5.15 Å². The van der Waals surface area contributed by atoms with Gasteiger partial charge in [0.1, 0.15) is 0 Å². The minimum absolute atomic E-state index is 0.142. The van der Waals surface area contributed by atoms with Gasteiger partial charge in [-0.15, -0.1) is 11.8 Å². The van der Waals surface area contributed by atoms with Gasteiger partial charge < -0.3 is 10.1 Å². The van der Waals surface area contributed by atoms with Crippen molar-refractivity contribution < 1.29 is 14.3 Å². The minimum Gasteiger partial charge on any atom is -0.465 e. The SMILES string of the molecule is CCOC(=O)CSC(C)C(=O)Nc1cccnc1Cl. The molecule has 104 valence electrons. The number of carbonyl (C=O) groups excluding carboxylic acids is 2. The molecule has 1 rings (SSSR count). The summed E-state index contributed by atoms with van der Waals surface area (Å²) >= 11 is 7.04. The van der Waals surface area contributed by atoms with Crippen LogP contribution in [-0.2, 0) is 14.3 Å². The number of pyridine rings is 1.